The van der Waals surface area contributed by atoms with Crippen molar-refractivity contribution in [3.05, 3.63) is 466 Å². The number of hydrogen-bond donors (Lipinski definition) is 0. The van der Waals surface area contributed by atoms with Crippen LogP contribution in [0.3, 0.4) is 0 Å². The number of nitrogens with zero attached hydrogens (tertiary/aromatic N) is 9. The van der Waals surface area contributed by atoms with Gasteiger partial charge in [-0.25, -0.2) is 29.9 Å². The van der Waals surface area contributed by atoms with E-state index in [4.69, 9.17) is 34.3 Å². The first-order valence-corrected chi connectivity index (χ1v) is 48.4. The van der Waals surface area contributed by atoms with Crippen LogP contribution in [-0.4, -0.2) is 43.6 Å². The Morgan fingerprint density at radius 2 is 0.557 bits per heavy atom. The summed E-state index contributed by atoms with van der Waals surface area (Å²) in [6.07, 6.45) is 0. The third-order valence-corrected chi connectivity index (χ3v) is 29.9. The van der Waals surface area contributed by atoms with Crippen molar-refractivity contribution in [2.75, 3.05) is 0 Å². The normalized spacial score (nSPS) is 12.4. The minimum absolute atomic E-state index is 0.109. The Bertz CT molecular complexity index is 9830. The zero-order valence-corrected chi connectivity index (χ0v) is 77.0. The second-order valence-corrected chi connectivity index (χ2v) is 38.3. The van der Waals surface area contributed by atoms with Crippen molar-refractivity contribution in [2.45, 2.75) is 19.3 Å². The lowest BCUT2D eigenvalue weighted by molar-refractivity contribution is 0.660. The van der Waals surface area contributed by atoms with Crippen LogP contribution >= 0.6 is 11.3 Å². The molecule has 0 N–H and O–H groups in total. The van der Waals surface area contributed by atoms with E-state index in [-0.39, 0.29) is 5.41 Å². The van der Waals surface area contributed by atoms with Crippen molar-refractivity contribution in [1.29, 1.82) is 0 Å². The first kappa shape index (κ1) is 80.3. The molecular formula is C129H81N9OS. The van der Waals surface area contributed by atoms with Gasteiger partial charge in [0.2, 0.25) is 17.8 Å². The summed E-state index contributed by atoms with van der Waals surface area (Å²) in [5.74, 6) is 1.99. The summed E-state index contributed by atoms with van der Waals surface area (Å²) >= 11 is 1.83. The molecule has 1 aliphatic carbocycles. The number of thiophene rings is 1. The molecule has 8 heterocycles. The van der Waals surface area contributed by atoms with Gasteiger partial charge in [0.25, 0.3) is 0 Å². The van der Waals surface area contributed by atoms with Gasteiger partial charge < -0.3 is 4.42 Å². The molecule has 0 saturated heterocycles. The van der Waals surface area contributed by atoms with E-state index in [1.807, 2.05) is 29.5 Å². The number of benzene rings is 21. The van der Waals surface area contributed by atoms with Gasteiger partial charge in [-0.05, 0) is 215 Å². The number of hydrogen-bond acceptors (Lipinski definition) is 8. The first-order chi connectivity index (χ1) is 69.1. The van der Waals surface area contributed by atoms with Gasteiger partial charge in [-0.3, -0.25) is 13.7 Å². The molecule has 140 heavy (non-hydrogen) atoms. The maximum absolute atomic E-state index is 6.33. The van der Waals surface area contributed by atoms with Crippen LogP contribution in [0.15, 0.2) is 459 Å². The lowest BCUT2D eigenvalue weighted by Gasteiger charge is -2.22. The van der Waals surface area contributed by atoms with Crippen LogP contribution in [0.2, 0.25) is 0 Å². The van der Waals surface area contributed by atoms with Gasteiger partial charge in [0.15, 0.2) is 0 Å². The van der Waals surface area contributed by atoms with E-state index in [1.165, 1.54) is 118 Å². The summed E-state index contributed by atoms with van der Waals surface area (Å²) in [4.78, 5) is 32.2. The predicted octanol–water partition coefficient (Wildman–Crippen LogP) is 34.2. The van der Waals surface area contributed by atoms with Gasteiger partial charge in [-0.15, -0.1) is 11.3 Å². The molecule has 0 bridgehead atoms. The topological polar surface area (TPSA) is 105 Å². The van der Waals surface area contributed by atoms with Gasteiger partial charge in [-0.1, -0.05) is 341 Å². The molecule has 0 fully saturated rings. The summed E-state index contributed by atoms with van der Waals surface area (Å²) in [6, 6.07) is 162. The molecule has 0 spiro atoms. The Hall–Kier alpha value is -18.2. The SMILES string of the molecule is CC1(C)c2ccccc2-c2ccc(-c3nc(-n4c5ccccc5c5cc6ccccc6cc54)nc4cc(-c5ccccc5)ccc34)cc21.c1ccc(-c2ccc3nc(-n4c5ccccc5c5cc6ccccc6cc54)nc(-c4ccc5c(c4)oc4ccccc45)c3c2)cc1.c1ccc(-c2ccc3nc(-n4c5ccccc5c5cc6ccccc6cc54)nc(-c4ccc5c(c4)sc4ccccc45)c3c2)cc1. The van der Waals surface area contributed by atoms with Crippen LogP contribution in [0.4, 0.5) is 0 Å². The molecule has 8 aromatic heterocycles. The van der Waals surface area contributed by atoms with Crippen LogP contribution in [0.1, 0.15) is 25.0 Å². The number of para-hydroxylation sites is 4. The third-order valence-electron chi connectivity index (χ3n) is 28.8. The van der Waals surface area contributed by atoms with Crippen LogP contribution in [-0.2, 0) is 5.41 Å². The van der Waals surface area contributed by atoms with E-state index >= 15 is 0 Å². The summed E-state index contributed by atoms with van der Waals surface area (Å²) in [5, 5.41) is 22.2. The monoisotopic (exact) mass is 1800 g/mol. The smallest absolute Gasteiger partial charge is 0.235 e. The summed E-state index contributed by atoms with van der Waals surface area (Å²) in [6.45, 7) is 4.67. The second-order valence-electron chi connectivity index (χ2n) is 37.2. The van der Waals surface area contributed by atoms with Crippen LogP contribution in [0.25, 0.3) is 269 Å². The largest absolute Gasteiger partial charge is 0.456 e. The Balaban J connectivity index is 0.000000103. The number of aromatic nitrogens is 9. The maximum atomic E-state index is 6.33. The highest BCUT2D eigenvalue weighted by molar-refractivity contribution is 7.25. The minimum Gasteiger partial charge on any atom is -0.456 e. The van der Waals surface area contributed by atoms with Crippen LogP contribution in [0, 0.1) is 0 Å². The van der Waals surface area contributed by atoms with Gasteiger partial charge in [-0.2, -0.15) is 0 Å². The van der Waals surface area contributed by atoms with Crippen molar-refractivity contribution in [1.82, 2.24) is 43.6 Å². The van der Waals surface area contributed by atoms with Crippen molar-refractivity contribution in [3.63, 3.8) is 0 Å². The Kier molecular flexibility index (Phi) is 18.4. The van der Waals surface area contributed by atoms with Gasteiger partial charge in [0, 0.05) is 102 Å². The molecule has 11 heteroatoms. The van der Waals surface area contributed by atoms with Gasteiger partial charge in [0.05, 0.1) is 66.7 Å². The molecule has 0 amide bonds. The molecule has 30 rings (SSSR count). The molecule has 0 radical (unpaired) electrons. The van der Waals surface area contributed by atoms with Gasteiger partial charge in [0.1, 0.15) is 11.2 Å². The first-order valence-electron chi connectivity index (χ1n) is 47.6. The molecule has 0 aliphatic heterocycles. The zero-order chi connectivity index (χ0) is 92.4. The molecule has 21 aromatic carbocycles. The zero-order valence-electron chi connectivity index (χ0n) is 76.1. The van der Waals surface area contributed by atoms with E-state index in [2.05, 4.69) is 464 Å². The van der Waals surface area contributed by atoms with Crippen molar-refractivity contribution < 1.29 is 4.42 Å². The average molecular weight is 1810 g/mol. The summed E-state index contributed by atoms with van der Waals surface area (Å²) in [7, 11) is 0. The van der Waals surface area contributed by atoms with E-state index in [9.17, 15) is 0 Å². The molecule has 654 valence electrons. The molecule has 0 saturated carbocycles. The molecule has 1 aliphatic rings. The summed E-state index contributed by atoms with van der Waals surface area (Å²) < 4.78 is 15.6. The Morgan fingerprint density at radius 3 is 1.08 bits per heavy atom. The van der Waals surface area contributed by atoms with E-state index in [0.29, 0.717) is 17.8 Å². The van der Waals surface area contributed by atoms with Crippen molar-refractivity contribution in [2.24, 2.45) is 0 Å². The van der Waals surface area contributed by atoms with Gasteiger partial charge >= 0.3 is 0 Å². The molecule has 10 nitrogen and oxygen atoms in total. The fraction of sp³-hybridized carbons (Fsp3) is 0.0233. The van der Waals surface area contributed by atoms with E-state index < -0.39 is 0 Å². The lowest BCUT2D eigenvalue weighted by Crippen LogP contribution is -2.15. The highest BCUT2D eigenvalue weighted by Crippen LogP contribution is 2.52. The Labute approximate surface area is 807 Å². The predicted molar refractivity (Wildman–Crippen MR) is 584 cm³/mol. The molecule has 0 unspecified atom stereocenters. The fourth-order valence-electron chi connectivity index (χ4n) is 22.0. The van der Waals surface area contributed by atoms with E-state index in [0.717, 1.165) is 144 Å². The second kappa shape index (κ2) is 32.0. The van der Waals surface area contributed by atoms with Crippen LogP contribution < -0.4 is 0 Å². The maximum Gasteiger partial charge on any atom is 0.235 e. The number of fused-ring (bicyclic) bond motifs is 24. The highest BCUT2D eigenvalue weighted by Gasteiger charge is 2.36. The van der Waals surface area contributed by atoms with Crippen molar-refractivity contribution in [3.8, 4) is 96.1 Å². The van der Waals surface area contributed by atoms with Crippen molar-refractivity contribution >= 4 is 184 Å². The quantitative estimate of drug-likeness (QED) is 0.142. The average Bonchev–Trinajstić information content (AvgIpc) is 1.56. The van der Waals surface area contributed by atoms with Crippen LogP contribution in [0.5, 0.6) is 0 Å². The minimum atomic E-state index is -0.109. The number of rotatable bonds is 9. The third kappa shape index (κ3) is 13.1. The van der Waals surface area contributed by atoms with E-state index in [1.54, 1.807) is 0 Å². The number of furan rings is 1. The molecule has 29 aromatic rings. The standard InChI is InChI=1S/C45H31N3.C42H25N3O.C42H25N3S/c1-45(2)38-18-10-8-16-33(38)34-22-21-32(25-39(34)45)43-36-23-20-31(28-12-4-3-5-13-28)26-40(36)46-44(47-43)48-41-19-11-9-17-35(41)37-24-29-14-6-7-15-30(29)27-42(37)48;2*1-2-10-26(11-3-1)29-19-21-36-35(23-29)41(30-18-20-33-32-15-7-9-17-39(32)46-40(33)25-30)44-42(43-36)45-37-16-8-6-14-31(37)34-22-27-12-4-5-13-28(27)24-38(34)45/h3-27H,1-2H3;2*1-25H. The molecular weight excluding hydrogens is 1720 g/mol. The lowest BCUT2D eigenvalue weighted by atomic mass is 9.82. The fourth-order valence-corrected chi connectivity index (χ4v) is 23.1. The Morgan fingerprint density at radius 1 is 0.200 bits per heavy atom. The summed E-state index contributed by atoms with van der Waals surface area (Å²) in [5.41, 5.74) is 29.0. The molecule has 0 atom stereocenters. The highest BCUT2D eigenvalue weighted by atomic mass is 32.1.